The van der Waals surface area contributed by atoms with Crippen molar-refractivity contribution in [2.45, 2.75) is 25.8 Å². The molecule has 1 fully saturated rings. The highest BCUT2D eigenvalue weighted by molar-refractivity contribution is 6.35. The van der Waals surface area contributed by atoms with E-state index in [1.54, 1.807) is 11.0 Å². The highest BCUT2D eigenvalue weighted by atomic mass is 16.2. The molecule has 76 valence electrons. The van der Waals surface area contributed by atoms with Gasteiger partial charge in [-0.25, -0.2) is 0 Å². The van der Waals surface area contributed by atoms with Crippen LogP contribution in [0.1, 0.15) is 19.8 Å². The van der Waals surface area contributed by atoms with E-state index in [1.165, 1.54) is 0 Å². The lowest BCUT2D eigenvalue weighted by Crippen LogP contribution is -2.44. The van der Waals surface area contributed by atoms with Crippen LogP contribution in [-0.2, 0) is 9.59 Å². The Morgan fingerprint density at radius 2 is 2.21 bits per heavy atom. The maximum atomic E-state index is 11.5. The third kappa shape index (κ3) is 2.46. The Morgan fingerprint density at radius 1 is 1.57 bits per heavy atom. The van der Waals surface area contributed by atoms with E-state index >= 15 is 0 Å². The van der Waals surface area contributed by atoms with E-state index in [9.17, 15) is 9.59 Å². The number of amides is 2. The van der Waals surface area contributed by atoms with E-state index in [0.717, 1.165) is 12.8 Å². The topological polar surface area (TPSA) is 73.2 Å². The zero-order valence-electron chi connectivity index (χ0n) is 8.12. The van der Waals surface area contributed by atoms with Gasteiger partial charge in [-0.1, -0.05) is 0 Å². The van der Waals surface area contributed by atoms with E-state index in [2.05, 4.69) is 5.32 Å². The molecule has 0 unspecified atom stereocenters. The second-order valence-electron chi connectivity index (χ2n) is 3.16. The molecule has 0 saturated heterocycles. The van der Waals surface area contributed by atoms with Gasteiger partial charge in [-0.3, -0.25) is 9.59 Å². The Hall–Kier alpha value is -1.57. The lowest BCUT2D eigenvalue weighted by Gasteiger charge is -2.18. The average molecular weight is 195 g/mol. The molecule has 0 aromatic carbocycles. The van der Waals surface area contributed by atoms with Crippen LogP contribution in [-0.4, -0.2) is 35.8 Å². The van der Waals surface area contributed by atoms with E-state index in [-0.39, 0.29) is 12.6 Å². The van der Waals surface area contributed by atoms with Crippen LogP contribution in [0.25, 0.3) is 0 Å². The molecule has 0 heterocycles. The van der Waals surface area contributed by atoms with Gasteiger partial charge in [0.2, 0.25) is 0 Å². The maximum absolute atomic E-state index is 11.5. The Labute approximate surface area is 82.7 Å². The number of carbonyl (C=O) groups excluding carboxylic acids is 2. The van der Waals surface area contributed by atoms with Crippen LogP contribution in [0.4, 0.5) is 0 Å². The molecule has 0 spiro atoms. The predicted octanol–water partition coefficient (Wildman–Crippen LogP) is -0.363. The fourth-order valence-corrected chi connectivity index (χ4v) is 1.28. The number of nitriles is 1. The fourth-order valence-electron chi connectivity index (χ4n) is 1.28. The lowest BCUT2D eigenvalue weighted by atomic mass is 10.4. The molecule has 14 heavy (non-hydrogen) atoms. The molecule has 5 heteroatoms. The van der Waals surface area contributed by atoms with Crippen LogP contribution >= 0.6 is 0 Å². The molecule has 0 aromatic heterocycles. The normalized spacial score (nSPS) is 14.3. The van der Waals surface area contributed by atoms with E-state index in [0.29, 0.717) is 6.54 Å². The zero-order valence-corrected chi connectivity index (χ0v) is 8.12. The number of hydrogen-bond acceptors (Lipinski definition) is 3. The van der Waals surface area contributed by atoms with Crippen LogP contribution in [0.3, 0.4) is 0 Å². The van der Waals surface area contributed by atoms with Crippen molar-refractivity contribution >= 4 is 11.8 Å². The number of nitrogens with zero attached hydrogens (tertiary/aromatic N) is 2. The first-order chi connectivity index (χ1) is 6.70. The van der Waals surface area contributed by atoms with Gasteiger partial charge in [0.25, 0.3) is 0 Å². The molecule has 1 aliphatic rings. The summed E-state index contributed by atoms with van der Waals surface area (Å²) in [6, 6.07) is 1.99. The second-order valence-corrected chi connectivity index (χ2v) is 3.16. The molecule has 5 nitrogen and oxygen atoms in total. The molecule has 0 bridgehead atoms. The van der Waals surface area contributed by atoms with Gasteiger partial charge >= 0.3 is 11.8 Å². The van der Waals surface area contributed by atoms with Gasteiger partial charge in [0.15, 0.2) is 0 Å². The highest BCUT2D eigenvalue weighted by Crippen LogP contribution is 2.26. The third-order valence-corrected chi connectivity index (χ3v) is 2.11. The molecule has 1 N–H and O–H groups in total. The summed E-state index contributed by atoms with van der Waals surface area (Å²) in [7, 11) is 0. The molecular formula is C9H13N3O2. The molecule has 0 atom stereocenters. The number of carbonyl (C=O) groups is 2. The summed E-state index contributed by atoms with van der Waals surface area (Å²) < 4.78 is 0. The summed E-state index contributed by atoms with van der Waals surface area (Å²) in [6.07, 6.45) is 1.95. The van der Waals surface area contributed by atoms with E-state index < -0.39 is 11.8 Å². The van der Waals surface area contributed by atoms with Crippen LogP contribution in [0.15, 0.2) is 0 Å². The van der Waals surface area contributed by atoms with Crippen LogP contribution in [0.2, 0.25) is 0 Å². The fraction of sp³-hybridized carbons (Fsp3) is 0.667. The Kier molecular flexibility index (Phi) is 3.46. The van der Waals surface area contributed by atoms with Crippen LogP contribution in [0, 0.1) is 11.3 Å². The van der Waals surface area contributed by atoms with Crippen LogP contribution in [0.5, 0.6) is 0 Å². The first-order valence-corrected chi connectivity index (χ1v) is 4.66. The van der Waals surface area contributed by atoms with E-state index in [4.69, 9.17) is 5.26 Å². The monoisotopic (exact) mass is 195 g/mol. The largest absolute Gasteiger partial charge is 0.335 e. The van der Waals surface area contributed by atoms with Crippen molar-refractivity contribution in [1.29, 1.82) is 5.26 Å². The highest BCUT2D eigenvalue weighted by Gasteiger charge is 2.34. The summed E-state index contributed by atoms with van der Waals surface area (Å²) in [6.45, 7) is 2.27. The molecule has 1 aliphatic carbocycles. The quantitative estimate of drug-likeness (QED) is 0.493. The number of rotatable bonds is 3. The van der Waals surface area contributed by atoms with Gasteiger partial charge in [0.1, 0.15) is 6.54 Å². The van der Waals surface area contributed by atoms with Crippen molar-refractivity contribution in [3.63, 3.8) is 0 Å². The molecule has 2 amide bonds. The van der Waals surface area contributed by atoms with Crippen molar-refractivity contribution in [1.82, 2.24) is 10.2 Å². The number of hydrogen-bond donors (Lipinski definition) is 1. The predicted molar refractivity (Wildman–Crippen MR) is 49.0 cm³/mol. The van der Waals surface area contributed by atoms with Gasteiger partial charge in [-0.05, 0) is 19.8 Å². The number of likely N-dealkylation sites (N-methyl/N-ethyl adjacent to an activating group) is 1. The average Bonchev–Trinajstić information content (AvgIpc) is 2.99. The van der Waals surface area contributed by atoms with Gasteiger partial charge in [0, 0.05) is 12.6 Å². The third-order valence-electron chi connectivity index (χ3n) is 2.11. The van der Waals surface area contributed by atoms with Gasteiger partial charge in [-0.15, -0.1) is 0 Å². The number of nitrogens with one attached hydrogen (secondary N) is 1. The second kappa shape index (κ2) is 4.61. The minimum absolute atomic E-state index is 0.118. The van der Waals surface area contributed by atoms with Gasteiger partial charge in [0.05, 0.1) is 6.07 Å². The summed E-state index contributed by atoms with van der Waals surface area (Å²) >= 11 is 0. The molecule has 0 aliphatic heterocycles. The SMILES string of the molecule is CCN(C(=O)C(=O)NCC#N)C1CC1. The summed E-state index contributed by atoms with van der Waals surface area (Å²) in [4.78, 5) is 24.2. The summed E-state index contributed by atoms with van der Waals surface area (Å²) in [5, 5.41) is 10.5. The van der Waals surface area contributed by atoms with Crippen molar-refractivity contribution in [3.8, 4) is 6.07 Å². The van der Waals surface area contributed by atoms with Crippen molar-refractivity contribution < 1.29 is 9.59 Å². The first-order valence-electron chi connectivity index (χ1n) is 4.66. The van der Waals surface area contributed by atoms with E-state index in [1.807, 2.05) is 6.92 Å². The smallest absolute Gasteiger partial charge is 0.312 e. The molecule has 1 saturated carbocycles. The Balaban J connectivity index is 2.45. The van der Waals surface area contributed by atoms with Crippen LogP contribution < -0.4 is 5.32 Å². The summed E-state index contributed by atoms with van der Waals surface area (Å²) in [5.74, 6) is -1.20. The minimum Gasteiger partial charge on any atom is -0.335 e. The minimum atomic E-state index is -0.680. The molecule has 0 aromatic rings. The molecule has 0 radical (unpaired) electrons. The van der Waals surface area contributed by atoms with Crippen molar-refractivity contribution in [3.05, 3.63) is 0 Å². The molecule has 1 rings (SSSR count). The van der Waals surface area contributed by atoms with Crippen molar-refractivity contribution in [2.24, 2.45) is 0 Å². The Bertz CT molecular complexity index is 278. The zero-order chi connectivity index (χ0) is 10.6. The van der Waals surface area contributed by atoms with Crippen molar-refractivity contribution in [2.75, 3.05) is 13.1 Å². The Morgan fingerprint density at radius 3 is 2.64 bits per heavy atom. The first kappa shape index (κ1) is 10.5. The van der Waals surface area contributed by atoms with Gasteiger partial charge in [-0.2, -0.15) is 5.26 Å². The standard InChI is InChI=1S/C9H13N3O2/c1-2-12(7-3-4-7)9(14)8(13)11-6-5-10/h7H,2-4,6H2,1H3,(H,11,13). The lowest BCUT2D eigenvalue weighted by molar-refractivity contribution is -0.146. The molecular weight excluding hydrogens is 182 g/mol. The van der Waals surface area contributed by atoms with Gasteiger partial charge < -0.3 is 10.2 Å². The summed E-state index contributed by atoms with van der Waals surface area (Å²) in [5.41, 5.74) is 0. The maximum Gasteiger partial charge on any atom is 0.312 e.